The minimum Gasteiger partial charge on any atom is -0.507 e. The second-order valence-corrected chi connectivity index (χ2v) is 6.49. The van der Waals surface area contributed by atoms with E-state index in [1.807, 2.05) is 0 Å². The molecule has 6 N–H and O–H groups in total. The maximum atomic E-state index is 12.8. The molecule has 3 rings (SSSR count). The molecule has 3 aromatic carbocycles. The maximum absolute atomic E-state index is 12.8. The lowest BCUT2D eigenvalue weighted by atomic mass is 9.95. The lowest BCUT2D eigenvalue weighted by Crippen LogP contribution is -2.06. The van der Waals surface area contributed by atoms with Crippen LogP contribution < -0.4 is 11.5 Å². The van der Waals surface area contributed by atoms with Crippen LogP contribution in [0.1, 0.15) is 11.1 Å². The Kier molecular flexibility index (Phi) is 4.97. The number of halogens is 6. The SMILES string of the molecule is Nc1cc(C(F)(F)F)cc(O)c1-c1ccc(-c2c(N)cc(C(F)(F)F)cc2O)cc1. The van der Waals surface area contributed by atoms with Crippen molar-refractivity contribution in [3.63, 3.8) is 0 Å². The summed E-state index contributed by atoms with van der Waals surface area (Å²) < 4.78 is 77.0. The fraction of sp³-hybridized carbons (Fsp3) is 0.100. The van der Waals surface area contributed by atoms with Crippen LogP contribution in [0.25, 0.3) is 22.3 Å². The van der Waals surface area contributed by atoms with E-state index >= 15 is 0 Å². The van der Waals surface area contributed by atoms with Gasteiger partial charge >= 0.3 is 12.4 Å². The molecule has 10 heteroatoms. The number of phenols is 2. The first-order valence-corrected chi connectivity index (χ1v) is 8.29. The fourth-order valence-electron chi connectivity index (χ4n) is 3.06. The van der Waals surface area contributed by atoms with Gasteiger partial charge in [0.1, 0.15) is 11.5 Å². The van der Waals surface area contributed by atoms with Crippen molar-refractivity contribution < 1.29 is 36.6 Å². The molecule has 0 heterocycles. The maximum Gasteiger partial charge on any atom is 0.416 e. The molecular formula is C20H14F6N2O2. The summed E-state index contributed by atoms with van der Waals surface area (Å²) in [7, 11) is 0. The second-order valence-electron chi connectivity index (χ2n) is 6.49. The molecule has 0 amide bonds. The van der Waals surface area contributed by atoms with E-state index in [4.69, 9.17) is 11.5 Å². The highest BCUT2D eigenvalue weighted by Crippen LogP contribution is 2.43. The highest BCUT2D eigenvalue weighted by Gasteiger charge is 2.33. The molecule has 4 nitrogen and oxygen atoms in total. The van der Waals surface area contributed by atoms with Gasteiger partial charge in [-0.15, -0.1) is 0 Å². The molecule has 0 aliphatic rings. The van der Waals surface area contributed by atoms with E-state index in [1.54, 1.807) is 0 Å². The third-order valence-corrected chi connectivity index (χ3v) is 4.41. The van der Waals surface area contributed by atoms with E-state index in [-0.39, 0.29) is 33.6 Å². The topological polar surface area (TPSA) is 92.5 Å². The van der Waals surface area contributed by atoms with Crippen LogP contribution in [-0.2, 0) is 12.4 Å². The highest BCUT2D eigenvalue weighted by molar-refractivity contribution is 5.86. The Bertz CT molecular complexity index is 971. The van der Waals surface area contributed by atoms with Crippen molar-refractivity contribution in [2.24, 2.45) is 0 Å². The first-order chi connectivity index (χ1) is 13.8. The molecule has 158 valence electrons. The Morgan fingerprint density at radius 3 is 1.10 bits per heavy atom. The van der Waals surface area contributed by atoms with Crippen molar-refractivity contribution in [2.45, 2.75) is 12.4 Å². The average molecular weight is 428 g/mol. The molecule has 0 fully saturated rings. The zero-order valence-electron chi connectivity index (χ0n) is 14.9. The van der Waals surface area contributed by atoms with Gasteiger partial charge in [-0.3, -0.25) is 0 Å². The molecule has 0 bridgehead atoms. The van der Waals surface area contributed by atoms with Crippen molar-refractivity contribution in [3.8, 4) is 33.8 Å². The van der Waals surface area contributed by atoms with Crippen LogP contribution in [0, 0.1) is 0 Å². The molecule has 0 aliphatic heterocycles. The number of aromatic hydroxyl groups is 2. The number of hydrogen-bond donors (Lipinski definition) is 4. The van der Waals surface area contributed by atoms with E-state index in [1.165, 1.54) is 24.3 Å². The van der Waals surface area contributed by atoms with E-state index in [0.29, 0.717) is 24.3 Å². The van der Waals surface area contributed by atoms with Crippen molar-refractivity contribution in [3.05, 3.63) is 59.7 Å². The van der Waals surface area contributed by atoms with Gasteiger partial charge in [-0.25, -0.2) is 0 Å². The Balaban J connectivity index is 2.03. The molecule has 0 saturated carbocycles. The number of anilines is 2. The van der Waals surface area contributed by atoms with Gasteiger partial charge in [-0.2, -0.15) is 26.3 Å². The lowest BCUT2D eigenvalue weighted by Gasteiger charge is -2.15. The summed E-state index contributed by atoms with van der Waals surface area (Å²) in [6.07, 6.45) is -9.38. The Labute approximate surface area is 166 Å². The van der Waals surface area contributed by atoms with Gasteiger partial charge in [-0.1, -0.05) is 24.3 Å². The van der Waals surface area contributed by atoms with Gasteiger partial charge in [-0.05, 0) is 35.4 Å². The zero-order chi connectivity index (χ0) is 22.4. The Morgan fingerprint density at radius 1 is 0.567 bits per heavy atom. The summed E-state index contributed by atoms with van der Waals surface area (Å²) >= 11 is 0. The predicted molar refractivity (Wildman–Crippen MR) is 99.5 cm³/mol. The van der Waals surface area contributed by atoms with Crippen LogP contribution in [0.15, 0.2) is 48.5 Å². The summed E-state index contributed by atoms with van der Waals surface area (Å²) in [6, 6.07) is 7.97. The normalized spacial score (nSPS) is 12.2. The van der Waals surface area contributed by atoms with Gasteiger partial charge < -0.3 is 21.7 Å². The van der Waals surface area contributed by atoms with Crippen molar-refractivity contribution in [1.29, 1.82) is 0 Å². The van der Waals surface area contributed by atoms with Crippen molar-refractivity contribution >= 4 is 11.4 Å². The fourth-order valence-corrected chi connectivity index (χ4v) is 3.06. The number of rotatable bonds is 2. The number of benzene rings is 3. The third kappa shape index (κ3) is 3.93. The minimum atomic E-state index is -4.69. The second kappa shape index (κ2) is 7.05. The van der Waals surface area contributed by atoms with Crippen LogP contribution in [0.5, 0.6) is 11.5 Å². The van der Waals surface area contributed by atoms with Gasteiger partial charge in [0, 0.05) is 22.5 Å². The van der Waals surface area contributed by atoms with Crippen LogP contribution in [-0.4, -0.2) is 10.2 Å². The van der Waals surface area contributed by atoms with Crippen LogP contribution >= 0.6 is 0 Å². The van der Waals surface area contributed by atoms with Gasteiger partial charge in [0.25, 0.3) is 0 Å². The van der Waals surface area contributed by atoms with Crippen molar-refractivity contribution in [1.82, 2.24) is 0 Å². The number of nitrogens with two attached hydrogens (primary N) is 2. The molecule has 30 heavy (non-hydrogen) atoms. The number of nitrogen functional groups attached to an aromatic ring is 2. The minimum absolute atomic E-state index is 0.0424. The van der Waals surface area contributed by atoms with Gasteiger partial charge in [0.2, 0.25) is 0 Å². The monoisotopic (exact) mass is 428 g/mol. The number of hydrogen-bond acceptors (Lipinski definition) is 4. The summed E-state index contributed by atoms with van der Waals surface area (Å²) in [6.45, 7) is 0. The van der Waals surface area contributed by atoms with Crippen LogP contribution in [0.2, 0.25) is 0 Å². The summed E-state index contributed by atoms with van der Waals surface area (Å²) in [5, 5.41) is 20.0. The molecule has 0 radical (unpaired) electrons. The third-order valence-electron chi connectivity index (χ3n) is 4.41. The zero-order valence-corrected chi connectivity index (χ0v) is 14.9. The van der Waals surface area contributed by atoms with E-state index in [0.717, 1.165) is 0 Å². The smallest absolute Gasteiger partial charge is 0.416 e. The molecule has 3 aromatic rings. The quantitative estimate of drug-likeness (QED) is 0.314. The van der Waals surface area contributed by atoms with Crippen LogP contribution in [0.3, 0.4) is 0 Å². The Hall–Kier alpha value is -3.56. The number of alkyl halides is 6. The van der Waals surface area contributed by atoms with E-state index < -0.39 is 35.0 Å². The highest BCUT2D eigenvalue weighted by atomic mass is 19.4. The summed E-state index contributed by atoms with van der Waals surface area (Å²) in [4.78, 5) is 0. The predicted octanol–water partition coefficient (Wildman–Crippen LogP) is 5.63. The first kappa shape index (κ1) is 21.2. The average Bonchev–Trinajstić information content (AvgIpc) is 2.60. The van der Waals surface area contributed by atoms with Gasteiger partial charge in [0.15, 0.2) is 0 Å². The first-order valence-electron chi connectivity index (χ1n) is 8.29. The van der Waals surface area contributed by atoms with Crippen LogP contribution in [0.4, 0.5) is 37.7 Å². The molecule has 0 atom stereocenters. The molecule has 0 spiro atoms. The molecule has 0 aliphatic carbocycles. The van der Waals surface area contributed by atoms with E-state index in [2.05, 4.69) is 0 Å². The molecular weight excluding hydrogens is 414 g/mol. The number of phenolic OH excluding ortho intramolecular Hbond substituents is 2. The van der Waals surface area contributed by atoms with E-state index in [9.17, 15) is 36.6 Å². The van der Waals surface area contributed by atoms with Gasteiger partial charge in [0.05, 0.1) is 11.1 Å². The lowest BCUT2D eigenvalue weighted by molar-refractivity contribution is -0.138. The Morgan fingerprint density at radius 2 is 0.867 bits per heavy atom. The van der Waals surface area contributed by atoms with Crippen molar-refractivity contribution in [2.75, 3.05) is 11.5 Å². The standard InChI is InChI=1S/C20H14F6N2O2/c21-19(22,23)11-5-13(27)17(15(29)7-11)9-1-2-10(4-3-9)18-14(28)6-12(8-16(18)30)20(24,25)26/h1-8,29-30H,27-28H2. The largest absolute Gasteiger partial charge is 0.507 e. The summed E-state index contributed by atoms with van der Waals surface area (Å²) in [5.41, 5.74) is 8.94. The molecule has 0 saturated heterocycles. The summed E-state index contributed by atoms with van der Waals surface area (Å²) in [5.74, 6) is -1.38. The molecule has 0 aromatic heterocycles. The molecule has 0 unspecified atom stereocenters.